The van der Waals surface area contributed by atoms with E-state index in [1.165, 1.54) is 44.9 Å². The fourth-order valence-corrected chi connectivity index (χ4v) is 3.31. The molecule has 1 aromatic carbocycles. The zero-order chi connectivity index (χ0) is 12.1. The highest BCUT2D eigenvalue weighted by atomic mass is 14.3. The third-order valence-electron chi connectivity index (χ3n) is 4.44. The van der Waals surface area contributed by atoms with Gasteiger partial charge in [0.15, 0.2) is 0 Å². The van der Waals surface area contributed by atoms with Crippen LogP contribution < -0.4 is 0 Å². The highest BCUT2D eigenvalue weighted by molar-refractivity contribution is 5.30. The van der Waals surface area contributed by atoms with Crippen molar-refractivity contribution in [3.05, 3.63) is 35.4 Å². The highest BCUT2D eigenvalue weighted by Crippen LogP contribution is 2.38. The standard InChI is InChI=1S/C17H26/c1-3-7-15-8-5-6-9-17(15)16-12-10-14(4-2)11-13-16/h5-6,8-9,14,16H,3-4,7,10-13H2,1-2H3. The second-order valence-electron chi connectivity index (χ2n) is 5.57. The lowest BCUT2D eigenvalue weighted by Crippen LogP contribution is -2.13. The van der Waals surface area contributed by atoms with E-state index in [1.807, 2.05) is 0 Å². The van der Waals surface area contributed by atoms with Crippen molar-refractivity contribution in [2.45, 2.75) is 64.7 Å². The van der Waals surface area contributed by atoms with E-state index in [4.69, 9.17) is 0 Å². The lowest BCUT2D eigenvalue weighted by molar-refractivity contribution is 0.318. The minimum absolute atomic E-state index is 0.848. The third-order valence-corrected chi connectivity index (χ3v) is 4.44. The minimum atomic E-state index is 0.848. The van der Waals surface area contributed by atoms with Crippen LogP contribution in [0.2, 0.25) is 0 Å². The van der Waals surface area contributed by atoms with Crippen LogP contribution in [0.1, 0.15) is 69.4 Å². The Morgan fingerprint density at radius 3 is 2.35 bits per heavy atom. The third kappa shape index (κ3) is 3.12. The van der Waals surface area contributed by atoms with E-state index in [2.05, 4.69) is 38.1 Å². The minimum Gasteiger partial charge on any atom is -0.0651 e. The Hall–Kier alpha value is -0.780. The van der Waals surface area contributed by atoms with Gasteiger partial charge in [0.05, 0.1) is 0 Å². The Balaban J connectivity index is 2.07. The molecule has 0 radical (unpaired) electrons. The van der Waals surface area contributed by atoms with E-state index in [1.54, 1.807) is 11.1 Å². The van der Waals surface area contributed by atoms with Crippen molar-refractivity contribution in [3.63, 3.8) is 0 Å². The molecule has 0 amide bonds. The van der Waals surface area contributed by atoms with Crippen molar-refractivity contribution in [1.82, 2.24) is 0 Å². The average molecular weight is 230 g/mol. The monoisotopic (exact) mass is 230 g/mol. The van der Waals surface area contributed by atoms with Gasteiger partial charge in [0.2, 0.25) is 0 Å². The van der Waals surface area contributed by atoms with Crippen LogP contribution in [0.25, 0.3) is 0 Å². The quantitative estimate of drug-likeness (QED) is 0.656. The zero-order valence-corrected chi connectivity index (χ0v) is 11.4. The van der Waals surface area contributed by atoms with Crippen LogP contribution in [0, 0.1) is 5.92 Å². The van der Waals surface area contributed by atoms with Crippen molar-refractivity contribution < 1.29 is 0 Å². The van der Waals surface area contributed by atoms with E-state index in [0.717, 1.165) is 11.8 Å². The number of benzene rings is 1. The maximum atomic E-state index is 2.38. The molecule has 0 heteroatoms. The van der Waals surface area contributed by atoms with E-state index in [0.29, 0.717) is 0 Å². The molecule has 0 saturated heterocycles. The van der Waals surface area contributed by atoms with Gasteiger partial charge < -0.3 is 0 Å². The molecule has 0 unspecified atom stereocenters. The number of aryl methyl sites for hydroxylation is 1. The molecular formula is C17H26. The van der Waals surface area contributed by atoms with Gasteiger partial charge >= 0.3 is 0 Å². The summed E-state index contributed by atoms with van der Waals surface area (Å²) >= 11 is 0. The maximum Gasteiger partial charge on any atom is -0.0159 e. The predicted molar refractivity (Wildman–Crippen MR) is 75.4 cm³/mol. The second kappa shape index (κ2) is 6.23. The molecule has 0 aromatic heterocycles. The molecule has 17 heavy (non-hydrogen) atoms. The molecule has 0 heterocycles. The molecule has 0 aliphatic heterocycles. The van der Waals surface area contributed by atoms with Gasteiger partial charge in [-0.05, 0) is 55.1 Å². The molecule has 0 N–H and O–H groups in total. The fraction of sp³-hybridized carbons (Fsp3) is 0.647. The van der Waals surface area contributed by atoms with Crippen molar-refractivity contribution in [2.24, 2.45) is 5.92 Å². The summed E-state index contributed by atoms with van der Waals surface area (Å²) < 4.78 is 0. The summed E-state index contributed by atoms with van der Waals surface area (Å²) in [5.41, 5.74) is 3.26. The molecule has 0 spiro atoms. The maximum absolute atomic E-state index is 2.38. The van der Waals surface area contributed by atoms with Gasteiger partial charge in [-0.25, -0.2) is 0 Å². The summed E-state index contributed by atoms with van der Waals surface area (Å²) in [6.45, 7) is 4.63. The summed E-state index contributed by atoms with van der Waals surface area (Å²) in [5, 5.41) is 0. The Kier molecular flexibility index (Phi) is 4.65. The van der Waals surface area contributed by atoms with Gasteiger partial charge in [0.25, 0.3) is 0 Å². The Morgan fingerprint density at radius 1 is 1.00 bits per heavy atom. The van der Waals surface area contributed by atoms with Gasteiger partial charge in [-0.3, -0.25) is 0 Å². The van der Waals surface area contributed by atoms with Gasteiger partial charge in [-0.2, -0.15) is 0 Å². The van der Waals surface area contributed by atoms with Crippen LogP contribution in [0.5, 0.6) is 0 Å². The lowest BCUT2D eigenvalue weighted by atomic mass is 9.76. The molecule has 0 nitrogen and oxygen atoms in total. The van der Waals surface area contributed by atoms with Crippen molar-refractivity contribution in [1.29, 1.82) is 0 Å². The summed E-state index contributed by atoms with van der Waals surface area (Å²) in [5.74, 6) is 1.85. The molecule has 1 saturated carbocycles. The summed E-state index contributed by atoms with van der Waals surface area (Å²) in [4.78, 5) is 0. The van der Waals surface area contributed by atoms with E-state index in [9.17, 15) is 0 Å². The van der Waals surface area contributed by atoms with Crippen molar-refractivity contribution in [3.8, 4) is 0 Å². The first-order valence-corrected chi connectivity index (χ1v) is 7.43. The van der Waals surface area contributed by atoms with E-state index in [-0.39, 0.29) is 0 Å². The van der Waals surface area contributed by atoms with E-state index >= 15 is 0 Å². The normalized spacial score (nSPS) is 24.8. The molecule has 94 valence electrons. The van der Waals surface area contributed by atoms with Gasteiger partial charge in [0.1, 0.15) is 0 Å². The molecule has 1 aromatic rings. The molecule has 2 rings (SSSR count). The Bertz CT molecular complexity index is 332. The second-order valence-corrected chi connectivity index (χ2v) is 5.57. The number of hydrogen-bond donors (Lipinski definition) is 0. The Morgan fingerprint density at radius 2 is 1.71 bits per heavy atom. The largest absolute Gasteiger partial charge is 0.0651 e. The van der Waals surface area contributed by atoms with Crippen molar-refractivity contribution >= 4 is 0 Å². The van der Waals surface area contributed by atoms with E-state index < -0.39 is 0 Å². The van der Waals surface area contributed by atoms with Gasteiger partial charge in [0, 0.05) is 0 Å². The average Bonchev–Trinajstić information content (AvgIpc) is 2.40. The first kappa shape index (κ1) is 12.7. The predicted octanol–water partition coefficient (Wildman–Crippen LogP) is 5.32. The van der Waals surface area contributed by atoms with Crippen LogP contribution >= 0.6 is 0 Å². The summed E-state index contributed by atoms with van der Waals surface area (Å²) in [7, 11) is 0. The SMILES string of the molecule is CCCc1ccccc1C1CCC(CC)CC1. The molecule has 0 bridgehead atoms. The molecule has 1 fully saturated rings. The van der Waals surface area contributed by atoms with Gasteiger partial charge in [-0.1, -0.05) is 51.0 Å². The van der Waals surface area contributed by atoms with Crippen LogP contribution in [-0.2, 0) is 6.42 Å². The summed E-state index contributed by atoms with van der Waals surface area (Å²) in [6, 6.07) is 9.14. The summed E-state index contributed by atoms with van der Waals surface area (Å²) in [6.07, 6.45) is 9.62. The van der Waals surface area contributed by atoms with Gasteiger partial charge in [-0.15, -0.1) is 0 Å². The highest BCUT2D eigenvalue weighted by Gasteiger charge is 2.22. The number of hydrogen-bond acceptors (Lipinski definition) is 0. The van der Waals surface area contributed by atoms with Crippen LogP contribution in [0.4, 0.5) is 0 Å². The Labute approximate surface area is 106 Å². The molecular weight excluding hydrogens is 204 g/mol. The smallest absolute Gasteiger partial charge is 0.0159 e. The zero-order valence-electron chi connectivity index (χ0n) is 11.4. The van der Waals surface area contributed by atoms with Crippen LogP contribution in [-0.4, -0.2) is 0 Å². The number of rotatable bonds is 4. The van der Waals surface area contributed by atoms with Crippen molar-refractivity contribution in [2.75, 3.05) is 0 Å². The van der Waals surface area contributed by atoms with Crippen LogP contribution in [0.15, 0.2) is 24.3 Å². The molecule has 1 aliphatic carbocycles. The van der Waals surface area contributed by atoms with Crippen LogP contribution in [0.3, 0.4) is 0 Å². The lowest BCUT2D eigenvalue weighted by Gasteiger charge is -2.29. The fourth-order valence-electron chi connectivity index (χ4n) is 3.31. The molecule has 0 atom stereocenters. The first-order chi connectivity index (χ1) is 8.35. The topological polar surface area (TPSA) is 0 Å². The molecule has 1 aliphatic rings. The first-order valence-electron chi connectivity index (χ1n) is 7.43.